The Balaban J connectivity index is 1.69. The fraction of sp³-hybridized carbons (Fsp3) is 0.611. The van der Waals surface area contributed by atoms with Gasteiger partial charge in [-0.3, -0.25) is 4.79 Å². The van der Waals surface area contributed by atoms with Crippen LogP contribution in [0.15, 0.2) is 18.2 Å². The van der Waals surface area contributed by atoms with Gasteiger partial charge in [0.05, 0.1) is 12.3 Å². The van der Waals surface area contributed by atoms with Gasteiger partial charge in [0, 0.05) is 12.1 Å². The van der Waals surface area contributed by atoms with E-state index in [4.69, 9.17) is 10.5 Å². The Morgan fingerprint density at radius 2 is 2.09 bits per heavy atom. The highest BCUT2D eigenvalue weighted by Crippen LogP contribution is 2.22. The summed E-state index contributed by atoms with van der Waals surface area (Å²) in [6.07, 6.45) is 5.73. The summed E-state index contributed by atoms with van der Waals surface area (Å²) in [5.74, 6) is 0.578. The fourth-order valence-electron chi connectivity index (χ4n) is 2.80. The topological polar surface area (TPSA) is 67.6 Å². The normalized spacial score (nSPS) is 14.8. The van der Waals surface area contributed by atoms with Crippen molar-refractivity contribution in [1.29, 1.82) is 0 Å². The number of hydrogen-bond donors (Lipinski definition) is 2. The van der Waals surface area contributed by atoms with Crippen molar-refractivity contribution in [3.63, 3.8) is 0 Å². The van der Waals surface area contributed by atoms with E-state index in [0.29, 0.717) is 30.2 Å². The van der Waals surface area contributed by atoms with Gasteiger partial charge in [0.25, 0.3) is 5.91 Å². The highest BCUT2D eigenvalue weighted by atomic mass is 16.5. The molecule has 0 aliphatic carbocycles. The third-order valence-corrected chi connectivity index (χ3v) is 4.12. The van der Waals surface area contributed by atoms with Crippen LogP contribution in [-0.4, -0.2) is 43.6 Å². The minimum absolute atomic E-state index is 0.0695. The van der Waals surface area contributed by atoms with Crippen LogP contribution < -0.4 is 15.8 Å². The van der Waals surface area contributed by atoms with E-state index in [0.717, 1.165) is 25.8 Å². The number of unbranched alkanes of at least 4 members (excludes halogenated alkanes) is 1. The Morgan fingerprint density at radius 3 is 2.78 bits per heavy atom. The first kappa shape index (κ1) is 17.6. The molecular weight excluding hydrogens is 290 g/mol. The Hall–Kier alpha value is -1.75. The number of amides is 1. The maximum Gasteiger partial charge on any atom is 0.251 e. The summed E-state index contributed by atoms with van der Waals surface area (Å²) in [6.45, 7) is 7.00. The standard InChI is InChI=1S/C18H29N3O2/c1-2-13-23-17-8-7-15(14-16(17)19)18(22)20-9-3-4-10-21-11-5-6-12-21/h7-8,14H,2-6,9-13,19H2,1H3,(H,20,22). The van der Waals surface area contributed by atoms with Crippen molar-refractivity contribution in [2.24, 2.45) is 0 Å². The largest absolute Gasteiger partial charge is 0.491 e. The molecule has 0 atom stereocenters. The minimum Gasteiger partial charge on any atom is -0.491 e. The maximum absolute atomic E-state index is 12.1. The van der Waals surface area contributed by atoms with Gasteiger partial charge < -0.3 is 20.7 Å². The van der Waals surface area contributed by atoms with Crippen LogP contribution in [0.5, 0.6) is 5.75 Å². The lowest BCUT2D eigenvalue weighted by Crippen LogP contribution is -2.26. The van der Waals surface area contributed by atoms with Crippen molar-refractivity contribution in [1.82, 2.24) is 10.2 Å². The molecule has 128 valence electrons. The molecule has 0 bridgehead atoms. The van der Waals surface area contributed by atoms with E-state index in [9.17, 15) is 4.79 Å². The van der Waals surface area contributed by atoms with Gasteiger partial charge in [0.15, 0.2) is 0 Å². The number of carbonyl (C=O) groups excluding carboxylic acids is 1. The molecule has 5 nitrogen and oxygen atoms in total. The van der Waals surface area contributed by atoms with Crippen LogP contribution in [0.3, 0.4) is 0 Å². The lowest BCUT2D eigenvalue weighted by molar-refractivity contribution is 0.0952. The Bertz CT molecular complexity index is 499. The predicted molar refractivity (Wildman–Crippen MR) is 93.9 cm³/mol. The van der Waals surface area contributed by atoms with Gasteiger partial charge in [-0.1, -0.05) is 6.92 Å². The van der Waals surface area contributed by atoms with Gasteiger partial charge in [-0.05, 0) is 69.9 Å². The third-order valence-electron chi connectivity index (χ3n) is 4.12. The van der Waals surface area contributed by atoms with Crippen LogP contribution >= 0.6 is 0 Å². The summed E-state index contributed by atoms with van der Waals surface area (Å²) in [5.41, 5.74) is 7.04. The summed E-state index contributed by atoms with van der Waals surface area (Å²) < 4.78 is 5.52. The van der Waals surface area contributed by atoms with Gasteiger partial charge >= 0.3 is 0 Å². The molecule has 0 saturated carbocycles. The number of nitrogens with two attached hydrogens (primary N) is 1. The molecule has 1 aliphatic rings. The average Bonchev–Trinajstić information content (AvgIpc) is 3.06. The second-order valence-electron chi connectivity index (χ2n) is 6.11. The van der Waals surface area contributed by atoms with Crippen LogP contribution in [0.25, 0.3) is 0 Å². The van der Waals surface area contributed by atoms with E-state index in [1.54, 1.807) is 18.2 Å². The van der Waals surface area contributed by atoms with E-state index in [2.05, 4.69) is 10.2 Å². The van der Waals surface area contributed by atoms with E-state index < -0.39 is 0 Å². The van der Waals surface area contributed by atoms with Gasteiger partial charge in [-0.25, -0.2) is 0 Å². The first-order valence-electron chi connectivity index (χ1n) is 8.73. The number of benzene rings is 1. The van der Waals surface area contributed by atoms with Crippen LogP contribution in [0.2, 0.25) is 0 Å². The fourth-order valence-corrected chi connectivity index (χ4v) is 2.80. The molecule has 5 heteroatoms. The molecule has 1 heterocycles. The molecule has 1 saturated heterocycles. The smallest absolute Gasteiger partial charge is 0.251 e. The first-order chi connectivity index (χ1) is 11.2. The zero-order valence-corrected chi connectivity index (χ0v) is 14.1. The molecule has 0 aromatic heterocycles. The molecular formula is C18H29N3O2. The summed E-state index contributed by atoms with van der Waals surface area (Å²) in [5, 5.41) is 2.96. The average molecular weight is 319 g/mol. The molecule has 0 radical (unpaired) electrons. The van der Waals surface area contributed by atoms with Gasteiger partial charge in [0.1, 0.15) is 5.75 Å². The molecule has 1 amide bonds. The van der Waals surface area contributed by atoms with Crippen LogP contribution in [0.1, 0.15) is 49.4 Å². The van der Waals surface area contributed by atoms with Crippen molar-refractivity contribution in [2.45, 2.75) is 39.0 Å². The lowest BCUT2D eigenvalue weighted by Gasteiger charge is -2.14. The second-order valence-corrected chi connectivity index (χ2v) is 6.11. The maximum atomic E-state index is 12.1. The summed E-state index contributed by atoms with van der Waals surface area (Å²) in [7, 11) is 0. The van der Waals surface area contributed by atoms with E-state index in [-0.39, 0.29) is 5.91 Å². The summed E-state index contributed by atoms with van der Waals surface area (Å²) in [6, 6.07) is 5.22. The van der Waals surface area contributed by atoms with E-state index in [1.807, 2.05) is 6.92 Å². The zero-order chi connectivity index (χ0) is 16.5. The van der Waals surface area contributed by atoms with Crippen molar-refractivity contribution in [3.8, 4) is 5.75 Å². The molecule has 0 spiro atoms. The van der Waals surface area contributed by atoms with Crippen molar-refractivity contribution in [2.75, 3.05) is 38.5 Å². The summed E-state index contributed by atoms with van der Waals surface area (Å²) >= 11 is 0. The number of nitrogen functional groups attached to an aromatic ring is 1. The van der Waals surface area contributed by atoms with Crippen LogP contribution in [0, 0.1) is 0 Å². The van der Waals surface area contributed by atoms with E-state index >= 15 is 0 Å². The molecule has 23 heavy (non-hydrogen) atoms. The monoisotopic (exact) mass is 319 g/mol. The van der Waals surface area contributed by atoms with E-state index in [1.165, 1.54) is 25.9 Å². The van der Waals surface area contributed by atoms with Crippen molar-refractivity contribution >= 4 is 11.6 Å². The SMILES string of the molecule is CCCOc1ccc(C(=O)NCCCCN2CCCC2)cc1N. The first-order valence-corrected chi connectivity index (χ1v) is 8.73. The molecule has 1 aromatic rings. The van der Waals surface area contributed by atoms with Crippen LogP contribution in [0.4, 0.5) is 5.69 Å². The molecule has 0 unspecified atom stereocenters. The van der Waals surface area contributed by atoms with Gasteiger partial charge in [0.2, 0.25) is 0 Å². The highest BCUT2D eigenvalue weighted by Gasteiger charge is 2.11. The number of nitrogens with one attached hydrogen (secondary N) is 1. The zero-order valence-electron chi connectivity index (χ0n) is 14.1. The summed E-state index contributed by atoms with van der Waals surface area (Å²) in [4.78, 5) is 14.6. The number of hydrogen-bond acceptors (Lipinski definition) is 4. The van der Waals surface area contributed by atoms with Crippen molar-refractivity contribution in [3.05, 3.63) is 23.8 Å². The molecule has 1 aromatic carbocycles. The van der Waals surface area contributed by atoms with Crippen molar-refractivity contribution < 1.29 is 9.53 Å². The second kappa shape index (κ2) is 9.40. The quantitative estimate of drug-likeness (QED) is 0.542. The molecule has 1 aliphatic heterocycles. The Morgan fingerprint density at radius 1 is 1.30 bits per heavy atom. The molecule has 2 rings (SSSR count). The Labute approximate surface area is 139 Å². The Kier molecular flexibility index (Phi) is 7.20. The highest BCUT2D eigenvalue weighted by molar-refractivity contribution is 5.95. The number of nitrogens with zero attached hydrogens (tertiary/aromatic N) is 1. The minimum atomic E-state index is -0.0695. The van der Waals surface area contributed by atoms with Crippen LogP contribution in [-0.2, 0) is 0 Å². The number of ether oxygens (including phenoxy) is 1. The molecule has 1 fully saturated rings. The predicted octanol–water partition coefficient (Wildman–Crippen LogP) is 2.66. The number of anilines is 1. The number of rotatable bonds is 9. The number of likely N-dealkylation sites (tertiary alicyclic amines) is 1. The number of carbonyl (C=O) groups is 1. The third kappa shape index (κ3) is 5.75. The van der Waals surface area contributed by atoms with Gasteiger partial charge in [-0.2, -0.15) is 0 Å². The lowest BCUT2D eigenvalue weighted by atomic mass is 10.1. The van der Waals surface area contributed by atoms with Gasteiger partial charge in [-0.15, -0.1) is 0 Å². The molecule has 3 N–H and O–H groups in total.